The van der Waals surface area contributed by atoms with Crippen molar-refractivity contribution < 1.29 is 13.6 Å². The molecule has 5 nitrogen and oxygen atoms in total. The minimum absolute atomic E-state index is 0.0686. The lowest BCUT2D eigenvalue weighted by atomic mass is 9.86. The fourth-order valence-electron chi connectivity index (χ4n) is 3.94. The second kappa shape index (κ2) is 7.67. The Kier molecular flexibility index (Phi) is 5.09. The summed E-state index contributed by atoms with van der Waals surface area (Å²) in [5, 5.41) is 6.33. The van der Waals surface area contributed by atoms with Gasteiger partial charge in [0, 0.05) is 18.5 Å². The van der Waals surface area contributed by atoms with Crippen LogP contribution in [0.1, 0.15) is 23.7 Å². The Hall–Kier alpha value is -2.80. The van der Waals surface area contributed by atoms with Crippen LogP contribution in [0.25, 0.3) is 11.0 Å². The largest absolute Gasteiger partial charge is 0.350 e. The summed E-state index contributed by atoms with van der Waals surface area (Å²) in [6.45, 7) is 3.38. The van der Waals surface area contributed by atoms with Crippen LogP contribution in [0.2, 0.25) is 0 Å². The van der Waals surface area contributed by atoms with E-state index < -0.39 is 11.6 Å². The molecule has 0 spiro atoms. The molecule has 2 aromatic carbocycles. The molecule has 0 bridgehead atoms. The minimum Gasteiger partial charge on any atom is -0.350 e. The van der Waals surface area contributed by atoms with Crippen LogP contribution in [0.4, 0.5) is 8.78 Å². The van der Waals surface area contributed by atoms with Gasteiger partial charge in [0.1, 0.15) is 12.4 Å². The normalized spacial score (nSPS) is 19.7. The molecule has 0 radical (unpaired) electrons. The Morgan fingerprint density at radius 3 is 2.89 bits per heavy atom. The summed E-state index contributed by atoms with van der Waals surface area (Å²) in [4.78, 5) is 17.2. The molecule has 1 aliphatic rings. The lowest BCUT2D eigenvalue weighted by molar-refractivity contribution is -0.122. The molecule has 146 valence electrons. The van der Waals surface area contributed by atoms with Crippen molar-refractivity contribution in [1.29, 1.82) is 0 Å². The van der Waals surface area contributed by atoms with Gasteiger partial charge in [-0.05, 0) is 49.7 Å². The molecule has 2 N–H and O–H groups in total. The number of hydrogen-bond acceptors (Lipinski definition) is 3. The Morgan fingerprint density at radius 1 is 1.25 bits per heavy atom. The van der Waals surface area contributed by atoms with E-state index in [4.69, 9.17) is 0 Å². The number of halogens is 2. The van der Waals surface area contributed by atoms with Crippen molar-refractivity contribution in [3.8, 4) is 0 Å². The van der Waals surface area contributed by atoms with Crippen LogP contribution in [-0.2, 0) is 11.3 Å². The molecule has 7 heteroatoms. The number of rotatable bonds is 4. The highest BCUT2D eigenvalue weighted by Crippen LogP contribution is 2.27. The van der Waals surface area contributed by atoms with Crippen LogP contribution in [0.15, 0.2) is 42.5 Å². The molecule has 2 atom stereocenters. The van der Waals surface area contributed by atoms with Gasteiger partial charge in [0.25, 0.3) is 0 Å². The average molecular weight is 384 g/mol. The first-order valence-electron chi connectivity index (χ1n) is 9.40. The maximum Gasteiger partial charge on any atom is 0.240 e. The summed E-state index contributed by atoms with van der Waals surface area (Å²) in [5.74, 6) is -1.15. The molecule has 3 aromatic rings. The topological polar surface area (TPSA) is 59.0 Å². The van der Waals surface area contributed by atoms with Gasteiger partial charge >= 0.3 is 0 Å². The van der Waals surface area contributed by atoms with Gasteiger partial charge in [-0.15, -0.1) is 0 Å². The number of carbonyl (C=O) groups is 1. The monoisotopic (exact) mass is 384 g/mol. The summed E-state index contributed by atoms with van der Waals surface area (Å²) in [7, 11) is 0. The van der Waals surface area contributed by atoms with E-state index >= 15 is 0 Å². The van der Waals surface area contributed by atoms with E-state index in [9.17, 15) is 13.6 Å². The standard InChI is InChI=1S/C21H22F2N4O/c1-13-25-18-4-2-3-5-20(18)27(13)12-21(28)26-19-11-24-9-8-15(19)14-6-7-16(22)17(23)10-14/h2-7,10,15,19,24H,8-9,11-12H2,1H3,(H,26,28). The van der Waals surface area contributed by atoms with Crippen LogP contribution in [0.3, 0.4) is 0 Å². The zero-order chi connectivity index (χ0) is 19.7. The van der Waals surface area contributed by atoms with Gasteiger partial charge in [-0.1, -0.05) is 18.2 Å². The molecule has 1 saturated heterocycles. The number of benzene rings is 2. The van der Waals surface area contributed by atoms with E-state index in [2.05, 4.69) is 15.6 Å². The Morgan fingerprint density at radius 2 is 2.07 bits per heavy atom. The summed E-state index contributed by atoms with van der Waals surface area (Å²) in [6.07, 6.45) is 0.739. The molecule has 4 rings (SSSR count). The van der Waals surface area contributed by atoms with Gasteiger partial charge in [-0.2, -0.15) is 0 Å². The minimum atomic E-state index is -0.860. The van der Waals surface area contributed by atoms with Crippen molar-refractivity contribution in [2.24, 2.45) is 0 Å². The Labute approximate surface area is 161 Å². The molecular weight excluding hydrogens is 362 g/mol. The Balaban J connectivity index is 1.52. The van der Waals surface area contributed by atoms with E-state index in [1.165, 1.54) is 6.07 Å². The third kappa shape index (κ3) is 3.62. The van der Waals surface area contributed by atoms with Crippen molar-refractivity contribution in [3.63, 3.8) is 0 Å². The molecule has 1 fully saturated rings. The predicted molar refractivity (Wildman–Crippen MR) is 103 cm³/mol. The quantitative estimate of drug-likeness (QED) is 0.727. The number of aromatic nitrogens is 2. The van der Waals surface area contributed by atoms with Crippen molar-refractivity contribution in [3.05, 3.63) is 65.5 Å². The highest BCUT2D eigenvalue weighted by Gasteiger charge is 2.28. The van der Waals surface area contributed by atoms with Crippen LogP contribution in [0, 0.1) is 18.6 Å². The molecule has 1 aromatic heterocycles. The number of aryl methyl sites for hydroxylation is 1. The summed E-state index contributed by atoms with van der Waals surface area (Å²) >= 11 is 0. The first-order chi connectivity index (χ1) is 13.5. The van der Waals surface area contributed by atoms with Gasteiger partial charge in [0.05, 0.1) is 11.0 Å². The second-order valence-electron chi connectivity index (χ2n) is 7.18. The van der Waals surface area contributed by atoms with Gasteiger partial charge in [0.2, 0.25) is 5.91 Å². The smallest absolute Gasteiger partial charge is 0.240 e. The number of hydrogen-bond donors (Lipinski definition) is 2. The van der Waals surface area contributed by atoms with E-state index in [0.717, 1.165) is 35.9 Å². The van der Waals surface area contributed by atoms with E-state index in [1.807, 2.05) is 35.8 Å². The van der Waals surface area contributed by atoms with Gasteiger partial charge in [-0.3, -0.25) is 4.79 Å². The highest BCUT2D eigenvalue weighted by molar-refractivity contribution is 5.81. The van der Waals surface area contributed by atoms with Crippen LogP contribution >= 0.6 is 0 Å². The molecule has 0 aliphatic carbocycles. The number of carbonyl (C=O) groups excluding carboxylic acids is 1. The van der Waals surface area contributed by atoms with Gasteiger partial charge < -0.3 is 15.2 Å². The highest BCUT2D eigenvalue weighted by atomic mass is 19.2. The second-order valence-corrected chi connectivity index (χ2v) is 7.18. The van der Waals surface area contributed by atoms with Crippen LogP contribution in [0.5, 0.6) is 0 Å². The van der Waals surface area contributed by atoms with E-state index in [1.54, 1.807) is 6.07 Å². The lowest BCUT2D eigenvalue weighted by Gasteiger charge is -2.33. The molecule has 1 amide bonds. The number of nitrogens with zero attached hydrogens (tertiary/aromatic N) is 2. The van der Waals surface area contributed by atoms with E-state index in [0.29, 0.717) is 12.1 Å². The number of nitrogens with one attached hydrogen (secondary N) is 2. The molecule has 2 unspecified atom stereocenters. The molecule has 2 heterocycles. The third-order valence-electron chi connectivity index (χ3n) is 5.35. The zero-order valence-electron chi connectivity index (χ0n) is 15.6. The Bertz CT molecular complexity index is 1020. The van der Waals surface area contributed by atoms with Crippen molar-refractivity contribution in [2.75, 3.05) is 13.1 Å². The summed E-state index contributed by atoms with van der Waals surface area (Å²) in [5.41, 5.74) is 2.47. The van der Waals surface area contributed by atoms with Gasteiger partial charge in [-0.25, -0.2) is 13.8 Å². The van der Waals surface area contributed by atoms with Crippen molar-refractivity contribution >= 4 is 16.9 Å². The van der Waals surface area contributed by atoms with Crippen molar-refractivity contribution in [2.45, 2.75) is 31.8 Å². The van der Waals surface area contributed by atoms with Crippen LogP contribution < -0.4 is 10.6 Å². The number of para-hydroxylation sites is 2. The zero-order valence-corrected chi connectivity index (χ0v) is 15.6. The molecule has 1 aliphatic heterocycles. The molecule has 0 saturated carbocycles. The van der Waals surface area contributed by atoms with E-state index in [-0.39, 0.29) is 24.4 Å². The SMILES string of the molecule is Cc1nc2ccccc2n1CC(=O)NC1CNCCC1c1ccc(F)c(F)c1. The third-order valence-corrected chi connectivity index (χ3v) is 5.35. The fourth-order valence-corrected chi connectivity index (χ4v) is 3.94. The summed E-state index contributed by atoms with van der Waals surface area (Å²) in [6, 6.07) is 11.5. The first kappa shape index (κ1) is 18.6. The number of amides is 1. The molecular formula is C21H22F2N4O. The maximum absolute atomic E-state index is 13.7. The lowest BCUT2D eigenvalue weighted by Crippen LogP contribution is -2.50. The average Bonchev–Trinajstić information content (AvgIpc) is 3.00. The number of imidazole rings is 1. The first-order valence-corrected chi connectivity index (χ1v) is 9.40. The number of piperidine rings is 1. The summed E-state index contributed by atoms with van der Waals surface area (Å²) < 4.78 is 28.8. The molecule has 28 heavy (non-hydrogen) atoms. The van der Waals surface area contributed by atoms with Gasteiger partial charge in [0.15, 0.2) is 11.6 Å². The maximum atomic E-state index is 13.7. The van der Waals surface area contributed by atoms with Crippen molar-refractivity contribution in [1.82, 2.24) is 20.2 Å². The number of fused-ring (bicyclic) bond motifs is 1. The fraction of sp³-hybridized carbons (Fsp3) is 0.333. The van der Waals surface area contributed by atoms with Crippen LogP contribution in [-0.4, -0.2) is 34.6 Å². The predicted octanol–water partition coefficient (Wildman–Crippen LogP) is 2.88.